The fraction of sp³-hybridized carbons (Fsp3) is 0.217. The molecule has 3 rings (SSSR count). The maximum atomic E-state index is 12.5. The summed E-state index contributed by atoms with van der Waals surface area (Å²) in [5.74, 6) is -0.221. The first kappa shape index (κ1) is 21.8. The number of hydrogen-bond acceptors (Lipinski definition) is 5. The number of anilines is 1. The largest absolute Gasteiger partial charge is 0.496 e. The minimum absolute atomic E-state index is 0.0374. The lowest BCUT2D eigenvalue weighted by molar-refractivity contribution is -0.122. The Balaban J connectivity index is 1.67. The average molecular weight is 420 g/mol. The molecule has 1 heterocycles. The number of carbonyl (C=O) groups excluding carboxylic acids is 2. The molecule has 8 nitrogen and oxygen atoms in total. The maximum Gasteiger partial charge on any atom is 0.276 e. The van der Waals surface area contributed by atoms with Gasteiger partial charge in [0.15, 0.2) is 0 Å². The van der Waals surface area contributed by atoms with Gasteiger partial charge in [0.05, 0.1) is 7.11 Å². The summed E-state index contributed by atoms with van der Waals surface area (Å²) in [7, 11) is 1.55. The van der Waals surface area contributed by atoms with Crippen LogP contribution in [0.3, 0.4) is 0 Å². The zero-order valence-electron chi connectivity index (χ0n) is 17.6. The Morgan fingerprint density at radius 1 is 1.03 bits per heavy atom. The summed E-state index contributed by atoms with van der Waals surface area (Å²) in [6.07, 6.45) is 0. The molecule has 8 heteroatoms. The normalized spacial score (nSPS) is 10.4. The van der Waals surface area contributed by atoms with Gasteiger partial charge in [-0.2, -0.15) is 5.10 Å². The van der Waals surface area contributed by atoms with Crippen molar-refractivity contribution in [3.05, 3.63) is 87.3 Å². The van der Waals surface area contributed by atoms with Crippen molar-refractivity contribution in [2.45, 2.75) is 26.9 Å². The van der Waals surface area contributed by atoms with Crippen LogP contribution in [-0.2, 0) is 17.9 Å². The van der Waals surface area contributed by atoms with E-state index in [9.17, 15) is 14.4 Å². The number of methoxy groups -OCH3 is 1. The molecule has 31 heavy (non-hydrogen) atoms. The van der Waals surface area contributed by atoms with Crippen molar-refractivity contribution in [1.82, 2.24) is 15.1 Å². The van der Waals surface area contributed by atoms with Gasteiger partial charge in [-0.25, -0.2) is 4.68 Å². The van der Waals surface area contributed by atoms with Gasteiger partial charge in [-0.15, -0.1) is 0 Å². The molecule has 0 unspecified atom stereocenters. The summed E-state index contributed by atoms with van der Waals surface area (Å²) >= 11 is 0. The SMILES string of the molecule is COc1ccccc1CNC(=O)Cn1nc(C(=O)Nc2ccc(C)c(C)c2)ccc1=O. The second-order valence-electron chi connectivity index (χ2n) is 7.06. The molecule has 0 aliphatic rings. The molecule has 0 aliphatic carbocycles. The van der Waals surface area contributed by atoms with Crippen LogP contribution in [0.4, 0.5) is 5.69 Å². The first-order valence-electron chi connectivity index (χ1n) is 9.72. The van der Waals surface area contributed by atoms with Crippen molar-refractivity contribution < 1.29 is 14.3 Å². The van der Waals surface area contributed by atoms with Crippen LogP contribution in [-0.4, -0.2) is 28.7 Å². The van der Waals surface area contributed by atoms with E-state index in [1.165, 1.54) is 12.1 Å². The zero-order valence-corrected chi connectivity index (χ0v) is 17.6. The molecular formula is C23H24N4O4. The summed E-state index contributed by atoms with van der Waals surface area (Å²) in [6, 6.07) is 15.4. The average Bonchev–Trinajstić information content (AvgIpc) is 2.76. The highest BCUT2D eigenvalue weighted by atomic mass is 16.5. The Morgan fingerprint density at radius 3 is 2.55 bits per heavy atom. The molecule has 1 aromatic heterocycles. The van der Waals surface area contributed by atoms with Crippen LogP contribution in [0.1, 0.15) is 27.2 Å². The lowest BCUT2D eigenvalue weighted by atomic mass is 10.1. The van der Waals surface area contributed by atoms with Gasteiger partial charge in [-0.05, 0) is 49.2 Å². The quantitative estimate of drug-likeness (QED) is 0.611. The van der Waals surface area contributed by atoms with Crippen molar-refractivity contribution in [3.63, 3.8) is 0 Å². The molecule has 2 amide bonds. The van der Waals surface area contributed by atoms with Crippen LogP contribution in [0.15, 0.2) is 59.4 Å². The monoisotopic (exact) mass is 420 g/mol. The van der Waals surface area contributed by atoms with E-state index >= 15 is 0 Å². The van der Waals surface area contributed by atoms with Crippen molar-refractivity contribution in [1.29, 1.82) is 0 Å². The minimum Gasteiger partial charge on any atom is -0.496 e. The van der Waals surface area contributed by atoms with Gasteiger partial charge in [-0.3, -0.25) is 14.4 Å². The molecule has 3 aromatic rings. The van der Waals surface area contributed by atoms with Gasteiger partial charge >= 0.3 is 0 Å². The summed E-state index contributed by atoms with van der Waals surface area (Å²) in [5.41, 5.74) is 3.15. The number of ether oxygens (including phenoxy) is 1. The van der Waals surface area contributed by atoms with Crippen LogP contribution >= 0.6 is 0 Å². The van der Waals surface area contributed by atoms with Crippen LogP contribution in [0.25, 0.3) is 0 Å². The highest BCUT2D eigenvalue weighted by Crippen LogP contribution is 2.17. The number of rotatable bonds is 7. The third-order valence-electron chi connectivity index (χ3n) is 4.83. The van der Waals surface area contributed by atoms with Crippen molar-refractivity contribution in [3.8, 4) is 5.75 Å². The second kappa shape index (κ2) is 9.71. The number of para-hydroxylation sites is 1. The Bertz CT molecular complexity index is 1170. The summed E-state index contributed by atoms with van der Waals surface area (Å²) in [4.78, 5) is 37.0. The molecule has 0 atom stereocenters. The van der Waals surface area contributed by atoms with Crippen LogP contribution in [0, 0.1) is 13.8 Å². The summed E-state index contributed by atoms with van der Waals surface area (Å²) in [5, 5.41) is 9.53. The van der Waals surface area contributed by atoms with Gasteiger partial charge in [0.25, 0.3) is 11.5 Å². The molecule has 0 spiro atoms. The zero-order chi connectivity index (χ0) is 22.4. The van der Waals surface area contributed by atoms with E-state index in [0.29, 0.717) is 11.4 Å². The Labute approximate surface area is 179 Å². The van der Waals surface area contributed by atoms with E-state index in [1.807, 2.05) is 44.2 Å². The number of nitrogens with one attached hydrogen (secondary N) is 2. The van der Waals surface area contributed by atoms with Gasteiger partial charge < -0.3 is 15.4 Å². The standard InChI is InChI=1S/C23H24N4O4/c1-15-8-9-18(12-16(15)2)25-23(30)19-10-11-22(29)27(26-19)14-21(28)24-13-17-6-4-5-7-20(17)31-3/h4-12H,13-14H2,1-3H3,(H,24,28)(H,25,30). The smallest absolute Gasteiger partial charge is 0.276 e. The van der Waals surface area contributed by atoms with Gasteiger partial charge in [0.2, 0.25) is 5.91 Å². The van der Waals surface area contributed by atoms with Crippen molar-refractivity contribution in [2.24, 2.45) is 0 Å². The maximum absolute atomic E-state index is 12.5. The minimum atomic E-state index is -0.477. The van der Waals surface area contributed by atoms with Gasteiger partial charge in [0.1, 0.15) is 18.0 Å². The summed E-state index contributed by atoms with van der Waals surface area (Å²) < 4.78 is 6.22. The number of amides is 2. The van der Waals surface area contributed by atoms with Gasteiger partial charge in [0, 0.05) is 23.9 Å². The molecule has 0 saturated heterocycles. The molecule has 2 aromatic carbocycles. The highest BCUT2D eigenvalue weighted by molar-refractivity contribution is 6.02. The topological polar surface area (TPSA) is 102 Å². The number of hydrogen-bond donors (Lipinski definition) is 2. The molecule has 160 valence electrons. The third-order valence-corrected chi connectivity index (χ3v) is 4.83. The predicted octanol–water partition coefficient (Wildman–Crippen LogP) is 2.44. The Kier molecular flexibility index (Phi) is 6.81. The molecule has 0 fully saturated rings. The van der Waals surface area contributed by atoms with E-state index in [1.54, 1.807) is 19.2 Å². The fourth-order valence-corrected chi connectivity index (χ4v) is 2.93. The summed E-state index contributed by atoms with van der Waals surface area (Å²) in [6.45, 7) is 3.87. The molecule has 0 aliphatic heterocycles. The van der Waals surface area contributed by atoms with Gasteiger partial charge in [-0.1, -0.05) is 24.3 Å². The van der Waals surface area contributed by atoms with Crippen LogP contribution < -0.4 is 20.9 Å². The molecule has 2 N–H and O–H groups in total. The molecule has 0 bridgehead atoms. The Morgan fingerprint density at radius 2 is 1.81 bits per heavy atom. The third kappa shape index (κ3) is 5.57. The van der Waals surface area contributed by atoms with E-state index in [2.05, 4.69) is 15.7 Å². The first-order chi connectivity index (χ1) is 14.9. The number of nitrogens with zero attached hydrogens (tertiary/aromatic N) is 2. The molecular weight excluding hydrogens is 396 g/mol. The lowest BCUT2D eigenvalue weighted by Gasteiger charge is -2.11. The fourth-order valence-electron chi connectivity index (χ4n) is 2.93. The first-order valence-corrected chi connectivity index (χ1v) is 9.72. The predicted molar refractivity (Wildman–Crippen MR) is 117 cm³/mol. The number of carbonyl (C=O) groups is 2. The van der Waals surface area contributed by atoms with Crippen LogP contribution in [0.2, 0.25) is 0 Å². The van der Waals surface area contributed by atoms with Crippen LogP contribution in [0.5, 0.6) is 5.75 Å². The highest BCUT2D eigenvalue weighted by Gasteiger charge is 2.13. The second-order valence-corrected chi connectivity index (χ2v) is 7.06. The lowest BCUT2D eigenvalue weighted by Crippen LogP contribution is -2.34. The number of aryl methyl sites for hydroxylation is 2. The number of aromatic nitrogens is 2. The number of benzene rings is 2. The molecule has 0 radical (unpaired) electrons. The van der Waals surface area contributed by atoms with E-state index in [-0.39, 0.29) is 18.8 Å². The van der Waals surface area contributed by atoms with E-state index in [0.717, 1.165) is 21.4 Å². The molecule has 0 saturated carbocycles. The van der Waals surface area contributed by atoms with E-state index < -0.39 is 17.4 Å². The Hall–Kier alpha value is -3.94. The van der Waals surface area contributed by atoms with Crippen molar-refractivity contribution >= 4 is 17.5 Å². The van der Waals surface area contributed by atoms with Crippen molar-refractivity contribution in [2.75, 3.05) is 12.4 Å². The van der Waals surface area contributed by atoms with E-state index in [4.69, 9.17) is 4.74 Å².